The summed E-state index contributed by atoms with van der Waals surface area (Å²) in [6.07, 6.45) is 1.83. The van der Waals surface area contributed by atoms with Crippen molar-refractivity contribution >= 4 is 12.0 Å². The number of carbonyl (C=O) groups is 2. The third kappa shape index (κ3) is 2.11. The summed E-state index contributed by atoms with van der Waals surface area (Å²) in [5.41, 5.74) is 0. The van der Waals surface area contributed by atoms with Gasteiger partial charge in [0.05, 0.1) is 0 Å². The van der Waals surface area contributed by atoms with E-state index in [1.807, 2.05) is 0 Å². The molecule has 0 aromatic carbocycles. The van der Waals surface area contributed by atoms with Crippen LogP contribution in [-0.4, -0.2) is 41.6 Å². The Bertz CT molecular complexity index is 201. The molecule has 0 heterocycles. The summed E-state index contributed by atoms with van der Waals surface area (Å²) in [5.74, 6) is -0.967. The molecule has 1 rings (SSSR count). The number of nitrogens with zero attached hydrogens (tertiary/aromatic N) is 1. The van der Waals surface area contributed by atoms with Crippen molar-refractivity contribution in [2.45, 2.75) is 18.9 Å². The Kier molecular flexibility index (Phi) is 2.52. The van der Waals surface area contributed by atoms with Gasteiger partial charge in [0, 0.05) is 13.1 Å². The van der Waals surface area contributed by atoms with E-state index in [-0.39, 0.29) is 18.6 Å². The van der Waals surface area contributed by atoms with Gasteiger partial charge < -0.3 is 15.3 Å². The van der Waals surface area contributed by atoms with Gasteiger partial charge in [-0.3, -0.25) is 4.79 Å². The Balaban J connectivity index is 2.48. The number of rotatable bonds is 3. The van der Waals surface area contributed by atoms with Gasteiger partial charge in [-0.15, -0.1) is 0 Å². The zero-order valence-corrected chi connectivity index (χ0v) is 6.91. The second-order valence-electron chi connectivity index (χ2n) is 2.81. The average molecular weight is 172 g/mol. The molecule has 5 heteroatoms. The largest absolute Gasteiger partial charge is 0.480 e. The number of aliphatic carboxylic acids is 1. The van der Waals surface area contributed by atoms with Crippen LogP contribution in [0.25, 0.3) is 0 Å². The van der Waals surface area contributed by atoms with Crippen molar-refractivity contribution < 1.29 is 14.7 Å². The number of carbonyl (C=O) groups excluding carboxylic acids is 1. The second-order valence-corrected chi connectivity index (χ2v) is 2.81. The topological polar surface area (TPSA) is 69.6 Å². The molecule has 2 amide bonds. The first-order chi connectivity index (χ1) is 5.65. The van der Waals surface area contributed by atoms with Gasteiger partial charge in [-0.05, 0) is 12.8 Å². The molecule has 0 spiro atoms. The summed E-state index contributed by atoms with van der Waals surface area (Å²) in [7, 11) is 1.50. The summed E-state index contributed by atoms with van der Waals surface area (Å²) >= 11 is 0. The van der Waals surface area contributed by atoms with E-state index >= 15 is 0 Å². The predicted molar refractivity (Wildman–Crippen MR) is 41.8 cm³/mol. The Morgan fingerprint density at radius 2 is 2.17 bits per heavy atom. The smallest absolute Gasteiger partial charge is 0.323 e. The number of hydrogen-bond donors (Lipinski definition) is 2. The molecule has 12 heavy (non-hydrogen) atoms. The number of hydrogen-bond acceptors (Lipinski definition) is 2. The lowest BCUT2D eigenvalue weighted by molar-refractivity contribution is -0.137. The molecule has 0 aromatic heterocycles. The number of urea groups is 1. The van der Waals surface area contributed by atoms with Crippen molar-refractivity contribution in [3.63, 3.8) is 0 Å². The molecule has 1 aliphatic carbocycles. The van der Waals surface area contributed by atoms with Gasteiger partial charge in [0.25, 0.3) is 0 Å². The average Bonchev–Trinajstić information content (AvgIpc) is 2.81. The van der Waals surface area contributed by atoms with E-state index in [1.165, 1.54) is 11.9 Å². The van der Waals surface area contributed by atoms with E-state index in [1.54, 1.807) is 0 Å². The van der Waals surface area contributed by atoms with Crippen LogP contribution in [0.15, 0.2) is 0 Å². The van der Waals surface area contributed by atoms with Crippen molar-refractivity contribution in [3.05, 3.63) is 0 Å². The lowest BCUT2D eigenvalue weighted by atomic mass is 10.5. The summed E-state index contributed by atoms with van der Waals surface area (Å²) in [5, 5.41) is 10.9. The summed E-state index contributed by atoms with van der Waals surface area (Å²) in [6, 6.07) is -0.166. The monoisotopic (exact) mass is 172 g/mol. The Morgan fingerprint density at radius 1 is 1.58 bits per heavy atom. The van der Waals surface area contributed by atoms with E-state index in [0.717, 1.165) is 12.8 Å². The van der Waals surface area contributed by atoms with Crippen molar-refractivity contribution in [1.82, 2.24) is 10.2 Å². The van der Waals surface area contributed by atoms with Crippen LogP contribution in [0.4, 0.5) is 4.79 Å². The van der Waals surface area contributed by atoms with Gasteiger partial charge >= 0.3 is 12.0 Å². The Morgan fingerprint density at radius 3 is 2.50 bits per heavy atom. The van der Waals surface area contributed by atoms with Gasteiger partial charge in [-0.1, -0.05) is 0 Å². The van der Waals surface area contributed by atoms with Crippen LogP contribution in [-0.2, 0) is 4.79 Å². The molecule has 0 aliphatic heterocycles. The molecular formula is C7H12N2O3. The number of amides is 2. The summed E-state index contributed by atoms with van der Waals surface area (Å²) in [4.78, 5) is 22.8. The first-order valence-electron chi connectivity index (χ1n) is 3.85. The van der Waals surface area contributed by atoms with Crippen LogP contribution in [0, 0.1) is 0 Å². The predicted octanol–water partition coefficient (Wildman–Crippen LogP) is -0.125. The molecule has 0 aromatic rings. The highest BCUT2D eigenvalue weighted by atomic mass is 16.4. The van der Waals surface area contributed by atoms with Crippen LogP contribution in [0.3, 0.4) is 0 Å². The van der Waals surface area contributed by atoms with Gasteiger partial charge in [0.2, 0.25) is 0 Å². The van der Waals surface area contributed by atoms with Crippen LogP contribution >= 0.6 is 0 Å². The molecule has 1 saturated carbocycles. The minimum atomic E-state index is -0.967. The van der Waals surface area contributed by atoms with Gasteiger partial charge in [-0.25, -0.2) is 4.79 Å². The minimum Gasteiger partial charge on any atom is -0.480 e. The molecule has 1 fully saturated rings. The highest BCUT2D eigenvalue weighted by molar-refractivity contribution is 5.80. The minimum absolute atomic E-state index is 0.140. The highest BCUT2D eigenvalue weighted by Gasteiger charge is 2.33. The molecule has 0 bridgehead atoms. The molecular weight excluding hydrogens is 160 g/mol. The maximum Gasteiger partial charge on any atom is 0.323 e. The number of nitrogens with one attached hydrogen (secondary N) is 1. The van der Waals surface area contributed by atoms with E-state index in [4.69, 9.17) is 5.11 Å². The Labute approximate surface area is 70.4 Å². The standard InChI is InChI=1S/C7H12N2O3/c1-8-7(12)9(4-6(10)11)5-2-3-5/h5H,2-4H2,1H3,(H,8,12)(H,10,11). The maximum absolute atomic E-state index is 11.1. The van der Waals surface area contributed by atoms with Gasteiger partial charge in [0.15, 0.2) is 0 Å². The normalized spacial score (nSPS) is 15.4. The quantitative estimate of drug-likeness (QED) is 0.623. The molecule has 68 valence electrons. The number of carboxylic acid groups (broad SMARTS) is 1. The first-order valence-corrected chi connectivity index (χ1v) is 3.85. The third-order valence-corrected chi connectivity index (χ3v) is 1.77. The van der Waals surface area contributed by atoms with Crippen molar-refractivity contribution in [2.24, 2.45) is 0 Å². The zero-order chi connectivity index (χ0) is 9.14. The summed E-state index contributed by atoms with van der Waals surface area (Å²) in [6.45, 7) is -0.204. The van der Waals surface area contributed by atoms with Crippen molar-refractivity contribution in [1.29, 1.82) is 0 Å². The molecule has 0 atom stereocenters. The fraction of sp³-hybridized carbons (Fsp3) is 0.714. The van der Waals surface area contributed by atoms with Crippen LogP contribution in [0.1, 0.15) is 12.8 Å². The second kappa shape index (κ2) is 3.42. The molecule has 0 saturated heterocycles. The van der Waals surface area contributed by atoms with Crippen LogP contribution in [0.5, 0.6) is 0 Å². The number of carboxylic acids is 1. The first kappa shape index (κ1) is 8.83. The maximum atomic E-state index is 11.1. The molecule has 1 aliphatic rings. The van der Waals surface area contributed by atoms with E-state index in [0.29, 0.717) is 0 Å². The van der Waals surface area contributed by atoms with Crippen LogP contribution < -0.4 is 5.32 Å². The fourth-order valence-electron chi connectivity index (χ4n) is 1.04. The molecule has 0 radical (unpaired) electrons. The van der Waals surface area contributed by atoms with Crippen molar-refractivity contribution in [2.75, 3.05) is 13.6 Å². The Hall–Kier alpha value is -1.26. The third-order valence-electron chi connectivity index (χ3n) is 1.77. The lowest BCUT2D eigenvalue weighted by Gasteiger charge is -2.18. The van der Waals surface area contributed by atoms with Crippen molar-refractivity contribution in [3.8, 4) is 0 Å². The summed E-state index contributed by atoms with van der Waals surface area (Å²) < 4.78 is 0. The molecule has 0 unspecified atom stereocenters. The van der Waals surface area contributed by atoms with Gasteiger partial charge in [-0.2, -0.15) is 0 Å². The highest BCUT2D eigenvalue weighted by Crippen LogP contribution is 2.26. The molecule has 2 N–H and O–H groups in total. The molecule has 5 nitrogen and oxygen atoms in total. The SMILES string of the molecule is CNC(=O)N(CC(=O)O)C1CC1. The fourth-order valence-corrected chi connectivity index (χ4v) is 1.04. The lowest BCUT2D eigenvalue weighted by Crippen LogP contribution is -2.42. The zero-order valence-electron chi connectivity index (χ0n) is 6.91. The van der Waals surface area contributed by atoms with E-state index in [2.05, 4.69) is 5.32 Å². The van der Waals surface area contributed by atoms with Crippen LogP contribution in [0.2, 0.25) is 0 Å². The van der Waals surface area contributed by atoms with E-state index < -0.39 is 5.97 Å². The van der Waals surface area contributed by atoms with Gasteiger partial charge in [0.1, 0.15) is 6.54 Å². The van der Waals surface area contributed by atoms with E-state index in [9.17, 15) is 9.59 Å².